The fraction of sp³-hybridized carbons (Fsp3) is 0.389. The molecule has 1 amide bonds. The lowest BCUT2D eigenvalue weighted by Gasteiger charge is -2.33. The molecule has 136 valence electrons. The second-order valence-corrected chi connectivity index (χ2v) is 8.44. The summed E-state index contributed by atoms with van der Waals surface area (Å²) in [6.45, 7) is 0.467. The Labute approximate surface area is 160 Å². The minimum atomic E-state index is -0.305. The molecule has 6 nitrogen and oxygen atoms in total. The largest absolute Gasteiger partial charge is 0.348 e. The summed E-state index contributed by atoms with van der Waals surface area (Å²) in [5, 5.41) is 7.59. The van der Waals surface area contributed by atoms with E-state index in [1.165, 1.54) is 17.8 Å². The minimum Gasteiger partial charge on any atom is -0.348 e. The number of thiazole rings is 1. The number of amides is 1. The molecule has 3 N–H and O–H groups in total. The van der Waals surface area contributed by atoms with Gasteiger partial charge in [0, 0.05) is 23.8 Å². The molecule has 0 aromatic carbocycles. The molecule has 1 aliphatic rings. The zero-order valence-electron chi connectivity index (χ0n) is 14.2. The third-order valence-corrected chi connectivity index (χ3v) is 6.17. The van der Waals surface area contributed by atoms with Crippen LogP contribution in [0.5, 0.6) is 0 Å². The van der Waals surface area contributed by atoms with Crippen molar-refractivity contribution in [2.45, 2.75) is 37.6 Å². The van der Waals surface area contributed by atoms with Crippen LogP contribution in [0.1, 0.15) is 41.9 Å². The van der Waals surface area contributed by atoms with Gasteiger partial charge in [-0.2, -0.15) is 5.10 Å². The third kappa shape index (κ3) is 3.34. The van der Waals surface area contributed by atoms with E-state index in [1.807, 2.05) is 24.4 Å². The van der Waals surface area contributed by atoms with Crippen molar-refractivity contribution in [3.63, 3.8) is 0 Å². The second-order valence-electron chi connectivity index (χ2n) is 6.84. The molecule has 0 saturated heterocycles. The Kier molecular flexibility index (Phi) is 4.69. The van der Waals surface area contributed by atoms with Crippen molar-refractivity contribution in [2.24, 2.45) is 5.73 Å². The first kappa shape index (κ1) is 17.5. The average molecular weight is 390 g/mol. The standard InChI is InChI=1S/C18H20ClN5OS/c19-15-14(12-10-22-24-9-5-2-6-13(12)24)23-17(26-15)16(25)21-11-18(20)7-3-1-4-8-18/h2,5-6,9-10H,1,3-4,7-8,11,20H2,(H,21,25). The van der Waals surface area contributed by atoms with Gasteiger partial charge in [0.05, 0.1) is 11.7 Å². The van der Waals surface area contributed by atoms with Crippen LogP contribution in [0.25, 0.3) is 16.8 Å². The Hall–Kier alpha value is -1.96. The van der Waals surface area contributed by atoms with E-state index in [0.717, 1.165) is 36.8 Å². The quantitative estimate of drug-likeness (QED) is 0.715. The first-order valence-corrected chi connectivity index (χ1v) is 9.91. The van der Waals surface area contributed by atoms with E-state index < -0.39 is 0 Å². The second kappa shape index (κ2) is 6.98. The summed E-state index contributed by atoms with van der Waals surface area (Å²) in [4.78, 5) is 17.0. The maximum atomic E-state index is 12.5. The van der Waals surface area contributed by atoms with Crippen LogP contribution in [0.4, 0.5) is 0 Å². The molecule has 3 aromatic rings. The predicted molar refractivity (Wildman–Crippen MR) is 104 cm³/mol. The van der Waals surface area contributed by atoms with E-state index in [4.69, 9.17) is 17.3 Å². The first-order chi connectivity index (χ1) is 12.6. The minimum absolute atomic E-state index is 0.227. The summed E-state index contributed by atoms with van der Waals surface area (Å²) in [6, 6.07) is 5.78. The molecule has 0 atom stereocenters. The maximum Gasteiger partial charge on any atom is 0.280 e. The van der Waals surface area contributed by atoms with E-state index >= 15 is 0 Å². The van der Waals surface area contributed by atoms with Gasteiger partial charge < -0.3 is 11.1 Å². The number of hydrogen-bond donors (Lipinski definition) is 2. The van der Waals surface area contributed by atoms with Gasteiger partial charge in [0.1, 0.15) is 10.0 Å². The van der Waals surface area contributed by atoms with Crippen LogP contribution in [-0.2, 0) is 0 Å². The Bertz CT molecular complexity index is 944. The van der Waals surface area contributed by atoms with Crippen molar-refractivity contribution < 1.29 is 4.79 Å². The van der Waals surface area contributed by atoms with Gasteiger partial charge in [-0.25, -0.2) is 9.50 Å². The molecule has 1 saturated carbocycles. The van der Waals surface area contributed by atoms with Crippen LogP contribution in [0.2, 0.25) is 4.34 Å². The number of pyridine rings is 1. The lowest BCUT2D eigenvalue weighted by molar-refractivity contribution is 0.0937. The van der Waals surface area contributed by atoms with E-state index in [-0.39, 0.29) is 11.4 Å². The smallest absolute Gasteiger partial charge is 0.280 e. The predicted octanol–water partition coefficient (Wildman–Crippen LogP) is 3.50. The molecule has 1 fully saturated rings. The fourth-order valence-corrected chi connectivity index (χ4v) is 4.53. The van der Waals surface area contributed by atoms with Crippen LogP contribution < -0.4 is 11.1 Å². The van der Waals surface area contributed by atoms with Crippen molar-refractivity contribution in [2.75, 3.05) is 6.54 Å². The highest BCUT2D eigenvalue weighted by Crippen LogP contribution is 2.35. The molecule has 1 aliphatic carbocycles. The Morgan fingerprint density at radius 2 is 2.15 bits per heavy atom. The highest BCUT2D eigenvalue weighted by Gasteiger charge is 2.28. The van der Waals surface area contributed by atoms with Crippen molar-refractivity contribution >= 4 is 34.4 Å². The van der Waals surface area contributed by atoms with E-state index in [1.54, 1.807) is 10.7 Å². The lowest BCUT2D eigenvalue weighted by Crippen LogP contribution is -2.51. The van der Waals surface area contributed by atoms with Crippen molar-refractivity contribution in [3.05, 3.63) is 39.9 Å². The van der Waals surface area contributed by atoms with E-state index in [2.05, 4.69) is 15.4 Å². The summed E-state index contributed by atoms with van der Waals surface area (Å²) in [6.07, 6.45) is 8.92. The van der Waals surface area contributed by atoms with E-state index in [9.17, 15) is 4.79 Å². The van der Waals surface area contributed by atoms with Crippen LogP contribution in [-0.4, -0.2) is 32.6 Å². The van der Waals surface area contributed by atoms with E-state index in [0.29, 0.717) is 21.6 Å². The number of nitrogens with two attached hydrogens (primary N) is 1. The third-order valence-electron chi connectivity index (χ3n) is 4.91. The maximum absolute atomic E-state index is 12.5. The van der Waals surface area contributed by atoms with Gasteiger partial charge in [0.25, 0.3) is 5.91 Å². The van der Waals surface area contributed by atoms with Gasteiger partial charge in [0.15, 0.2) is 5.01 Å². The average Bonchev–Trinajstić information content (AvgIpc) is 3.24. The van der Waals surface area contributed by atoms with Gasteiger partial charge in [-0.15, -0.1) is 0 Å². The van der Waals surface area contributed by atoms with Crippen molar-refractivity contribution in [3.8, 4) is 11.3 Å². The van der Waals surface area contributed by atoms with Gasteiger partial charge in [-0.3, -0.25) is 4.79 Å². The normalized spacial score (nSPS) is 16.7. The number of carbonyl (C=O) groups is 1. The summed E-state index contributed by atoms with van der Waals surface area (Å²) in [7, 11) is 0. The topological polar surface area (TPSA) is 85.3 Å². The molecule has 0 aliphatic heterocycles. The summed E-state index contributed by atoms with van der Waals surface area (Å²) >= 11 is 7.55. The van der Waals surface area contributed by atoms with Crippen molar-refractivity contribution in [1.29, 1.82) is 0 Å². The monoisotopic (exact) mass is 389 g/mol. The van der Waals surface area contributed by atoms with Gasteiger partial charge in [0.2, 0.25) is 0 Å². The molecule has 4 rings (SSSR count). The molecule has 0 bridgehead atoms. The molecule has 3 aromatic heterocycles. The number of aromatic nitrogens is 3. The number of rotatable bonds is 4. The summed E-state index contributed by atoms with van der Waals surface area (Å²) in [5.41, 5.74) is 8.38. The molecule has 0 radical (unpaired) electrons. The highest BCUT2D eigenvalue weighted by molar-refractivity contribution is 7.18. The SMILES string of the molecule is NC1(CNC(=O)c2nc(-c3cnn4ccccc34)c(Cl)s2)CCCCC1. The van der Waals surface area contributed by atoms with Crippen LogP contribution in [0.3, 0.4) is 0 Å². The fourth-order valence-electron chi connectivity index (χ4n) is 3.45. The Morgan fingerprint density at radius 3 is 2.96 bits per heavy atom. The van der Waals surface area contributed by atoms with Crippen molar-refractivity contribution in [1.82, 2.24) is 19.9 Å². The Balaban J connectivity index is 1.53. The summed E-state index contributed by atoms with van der Waals surface area (Å²) < 4.78 is 2.24. The molecule has 3 heterocycles. The van der Waals surface area contributed by atoms with Crippen LogP contribution >= 0.6 is 22.9 Å². The number of halogens is 1. The zero-order chi connectivity index (χ0) is 18.1. The number of carbonyl (C=O) groups excluding carboxylic acids is 1. The van der Waals surface area contributed by atoms with Crippen LogP contribution in [0, 0.1) is 0 Å². The van der Waals surface area contributed by atoms with Gasteiger partial charge >= 0.3 is 0 Å². The molecule has 26 heavy (non-hydrogen) atoms. The highest BCUT2D eigenvalue weighted by atomic mass is 35.5. The number of nitrogens with one attached hydrogen (secondary N) is 1. The summed E-state index contributed by atoms with van der Waals surface area (Å²) in [5.74, 6) is -0.227. The number of hydrogen-bond acceptors (Lipinski definition) is 5. The molecular weight excluding hydrogens is 370 g/mol. The molecular formula is C18H20ClN5OS. The Morgan fingerprint density at radius 1 is 1.35 bits per heavy atom. The first-order valence-electron chi connectivity index (χ1n) is 8.72. The lowest BCUT2D eigenvalue weighted by atomic mass is 9.82. The number of fused-ring (bicyclic) bond motifs is 1. The number of nitrogens with zero attached hydrogens (tertiary/aromatic N) is 3. The molecule has 0 spiro atoms. The molecule has 0 unspecified atom stereocenters. The zero-order valence-corrected chi connectivity index (χ0v) is 15.8. The van der Waals surface area contributed by atoms with Crippen LogP contribution in [0.15, 0.2) is 30.6 Å². The molecule has 8 heteroatoms. The van der Waals surface area contributed by atoms with Gasteiger partial charge in [-0.1, -0.05) is 48.3 Å². The van der Waals surface area contributed by atoms with Gasteiger partial charge in [-0.05, 0) is 25.0 Å².